The maximum atomic E-state index is 5.50. The largest absolute Gasteiger partial charge is 0.382 e. The molecule has 0 bridgehead atoms. The molecule has 4 heteroatoms. The van der Waals surface area contributed by atoms with Crippen LogP contribution < -0.4 is 4.90 Å². The number of rotatable bonds is 7. The van der Waals surface area contributed by atoms with Crippen molar-refractivity contribution in [2.24, 2.45) is 0 Å². The number of benzene rings is 1. The van der Waals surface area contributed by atoms with Crippen molar-refractivity contribution >= 4 is 5.69 Å². The molecule has 105 valence electrons. The lowest BCUT2D eigenvalue weighted by atomic mass is 10.2. The molecule has 1 saturated heterocycles. The lowest BCUT2D eigenvalue weighted by molar-refractivity contribution is 0.0563. The van der Waals surface area contributed by atoms with Crippen LogP contribution in [0.4, 0.5) is 5.69 Å². The molecule has 1 aromatic carbocycles. The predicted octanol–water partition coefficient (Wildman–Crippen LogP) is 1.27. The minimum Gasteiger partial charge on any atom is -0.382 e. The van der Waals surface area contributed by atoms with Crippen LogP contribution in [0.5, 0.6) is 0 Å². The molecule has 0 aliphatic carbocycles. The van der Waals surface area contributed by atoms with Crippen LogP contribution in [0.2, 0.25) is 0 Å². The van der Waals surface area contributed by atoms with Gasteiger partial charge in [0.2, 0.25) is 0 Å². The Balaban J connectivity index is 1.63. The molecule has 0 aromatic heterocycles. The maximum absolute atomic E-state index is 5.50. The molecule has 0 amide bonds. The van der Waals surface area contributed by atoms with Gasteiger partial charge in [0.15, 0.2) is 0 Å². The Labute approximate surface area is 115 Å². The van der Waals surface area contributed by atoms with Crippen LogP contribution in [-0.2, 0) is 9.47 Å². The second-order valence-electron chi connectivity index (χ2n) is 4.69. The summed E-state index contributed by atoms with van der Waals surface area (Å²) in [6.07, 6.45) is 0. The van der Waals surface area contributed by atoms with Gasteiger partial charge in [-0.25, -0.2) is 0 Å². The zero-order valence-corrected chi connectivity index (χ0v) is 11.7. The summed E-state index contributed by atoms with van der Waals surface area (Å²) < 4.78 is 10.5. The van der Waals surface area contributed by atoms with Crippen molar-refractivity contribution < 1.29 is 9.47 Å². The fraction of sp³-hybridized carbons (Fsp3) is 0.600. The van der Waals surface area contributed by atoms with E-state index in [2.05, 4.69) is 28.0 Å². The molecular weight excluding hydrogens is 240 g/mol. The molecule has 1 heterocycles. The van der Waals surface area contributed by atoms with Crippen molar-refractivity contribution in [2.75, 3.05) is 64.6 Å². The summed E-state index contributed by atoms with van der Waals surface area (Å²) in [5.41, 5.74) is 1.30. The summed E-state index contributed by atoms with van der Waals surface area (Å²) in [7, 11) is 1.70. The second-order valence-corrected chi connectivity index (χ2v) is 4.69. The SMILES string of the molecule is COCCOCCN1CCN(c2cc[c]cc2)CC1. The Hall–Kier alpha value is -1.10. The van der Waals surface area contributed by atoms with Gasteiger partial charge in [0.05, 0.1) is 19.8 Å². The maximum Gasteiger partial charge on any atom is 0.0700 e. The average molecular weight is 263 g/mol. The van der Waals surface area contributed by atoms with E-state index in [-0.39, 0.29) is 0 Å². The summed E-state index contributed by atoms with van der Waals surface area (Å²) in [5.74, 6) is 0. The Morgan fingerprint density at radius 1 is 1.05 bits per heavy atom. The third-order valence-electron chi connectivity index (χ3n) is 3.42. The zero-order chi connectivity index (χ0) is 13.3. The quantitative estimate of drug-likeness (QED) is 0.692. The highest BCUT2D eigenvalue weighted by molar-refractivity contribution is 5.46. The van der Waals surface area contributed by atoms with Crippen molar-refractivity contribution in [1.82, 2.24) is 4.90 Å². The van der Waals surface area contributed by atoms with E-state index in [1.54, 1.807) is 7.11 Å². The smallest absolute Gasteiger partial charge is 0.0700 e. The Morgan fingerprint density at radius 3 is 2.47 bits per heavy atom. The van der Waals surface area contributed by atoms with Gasteiger partial charge in [-0.05, 0) is 18.2 Å². The van der Waals surface area contributed by atoms with E-state index >= 15 is 0 Å². The Morgan fingerprint density at radius 2 is 1.79 bits per heavy atom. The Bertz CT molecular complexity index is 337. The fourth-order valence-electron chi connectivity index (χ4n) is 2.26. The van der Waals surface area contributed by atoms with Crippen LogP contribution in [0.25, 0.3) is 0 Å². The lowest BCUT2D eigenvalue weighted by Gasteiger charge is -2.36. The van der Waals surface area contributed by atoms with Crippen molar-refractivity contribution in [2.45, 2.75) is 0 Å². The van der Waals surface area contributed by atoms with Crippen molar-refractivity contribution in [3.05, 3.63) is 30.3 Å². The molecule has 1 aromatic rings. The number of hydrogen-bond acceptors (Lipinski definition) is 4. The zero-order valence-electron chi connectivity index (χ0n) is 11.7. The summed E-state index contributed by atoms with van der Waals surface area (Å²) in [6, 6.07) is 11.3. The van der Waals surface area contributed by atoms with Gasteiger partial charge >= 0.3 is 0 Å². The molecule has 4 nitrogen and oxygen atoms in total. The highest BCUT2D eigenvalue weighted by Gasteiger charge is 2.16. The number of methoxy groups -OCH3 is 1. The van der Waals surface area contributed by atoms with Gasteiger partial charge in [-0.3, -0.25) is 4.90 Å². The number of nitrogens with zero attached hydrogens (tertiary/aromatic N) is 2. The van der Waals surface area contributed by atoms with E-state index in [1.807, 2.05) is 12.1 Å². The molecule has 2 rings (SSSR count). The number of hydrogen-bond donors (Lipinski definition) is 0. The molecule has 1 fully saturated rings. The molecule has 19 heavy (non-hydrogen) atoms. The Kier molecular flexibility index (Phi) is 6.14. The van der Waals surface area contributed by atoms with E-state index in [0.717, 1.165) is 39.3 Å². The summed E-state index contributed by atoms with van der Waals surface area (Å²) >= 11 is 0. The predicted molar refractivity (Wildman–Crippen MR) is 76.6 cm³/mol. The molecule has 1 aliphatic rings. The summed E-state index contributed by atoms with van der Waals surface area (Å²) in [6.45, 7) is 7.56. The van der Waals surface area contributed by atoms with Crippen LogP contribution in [0, 0.1) is 6.07 Å². The first kappa shape index (κ1) is 14.3. The molecule has 0 saturated carbocycles. The minimum atomic E-state index is 0.679. The van der Waals surface area contributed by atoms with E-state index < -0.39 is 0 Å². The van der Waals surface area contributed by atoms with Crippen molar-refractivity contribution in [3.63, 3.8) is 0 Å². The van der Waals surface area contributed by atoms with Crippen LogP contribution in [-0.4, -0.2) is 64.6 Å². The highest BCUT2D eigenvalue weighted by atomic mass is 16.5. The van der Waals surface area contributed by atoms with E-state index in [1.165, 1.54) is 5.69 Å². The summed E-state index contributed by atoms with van der Waals surface area (Å²) in [5, 5.41) is 0. The first-order valence-corrected chi connectivity index (χ1v) is 6.90. The van der Waals surface area contributed by atoms with Gasteiger partial charge in [0.25, 0.3) is 0 Å². The lowest BCUT2D eigenvalue weighted by Crippen LogP contribution is -2.47. The van der Waals surface area contributed by atoms with Gasteiger partial charge in [0, 0.05) is 45.5 Å². The van der Waals surface area contributed by atoms with Crippen LogP contribution >= 0.6 is 0 Å². The number of ether oxygens (including phenoxy) is 2. The first-order chi connectivity index (χ1) is 9.40. The number of piperazine rings is 1. The van der Waals surface area contributed by atoms with Crippen molar-refractivity contribution in [1.29, 1.82) is 0 Å². The van der Waals surface area contributed by atoms with Crippen LogP contribution in [0.1, 0.15) is 0 Å². The van der Waals surface area contributed by atoms with Gasteiger partial charge in [-0.1, -0.05) is 12.1 Å². The number of anilines is 1. The standard InChI is InChI=1S/C15H23N2O2/c1-18-13-14-19-12-11-16-7-9-17(10-8-16)15-5-3-2-4-6-15/h3-6H,7-14H2,1H3. The van der Waals surface area contributed by atoms with E-state index in [0.29, 0.717) is 13.2 Å². The minimum absolute atomic E-state index is 0.679. The van der Waals surface area contributed by atoms with Gasteiger partial charge in [-0.15, -0.1) is 0 Å². The first-order valence-electron chi connectivity index (χ1n) is 6.90. The fourth-order valence-corrected chi connectivity index (χ4v) is 2.26. The van der Waals surface area contributed by atoms with Gasteiger partial charge < -0.3 is 14.4 Å². The van der Waals surface area contributed by atoms with E-state index in [4.69, 9.17) is 9.47 Å². The molecule has 0 spiro atoms. The highest BCUT2D eigenvalue weighted by Crippen LogP contribution is 2.14. The van der Waals surface area contributed by atoms with Crippen LogP contribution in [0.15, 0.2) is 24.3 Å². The van der Waals surface area contributed by atoms with Gasteiger partial charge in [-0.2, -0.15) is 0 Å². The molecule has 1 aliphatic heterocycles. The average Bonchev–Trinajstić information content (AvgIpc) is 2.49. The monoisotopic (exact) mass is 263 g/mol. The molecular formula is C15H23N2O2. The van der Waals surface area contributed by atoms with Crippen molar-refractivity contribution in [3.8, 4) is 0 Å². The second kappa shape index (κ2) is 8.15. The third-order valence-corrected chi connectivity index (χ3v) is 3.42. The normalized spacial score (nSPS) is 16.8. The van der Waals surface area contributed by atoms with E-state index in [9.17, 15) is 0 Å². The molecule has 1 radical (unpaired) electrons. The molecule has 0 unspecified atom stereocenters. The third kappa shape index (κ3) is 4.82. The molecule has 0 atom stereocenters. The molecule has 0 N–H and O–H groups in total. The van der Waals surface area contributed by atoms with Crippen LogP contribution in [0.3, 0.4) is 0 Å². The summed E-state index contributed by atoms with van der Waals surface area (Å²) in [4.78, 5) is 4.88. The van der Waals surface area contributed by atoms with Gasteiger partial charge in [0.1, 0.15) is 0 Å². The topological polar surface area (TPSA) is 24.9 Å².